The van der Waals surface area contributed by atoms with E-state index < -0.39 is 5.60 Å². The van der Waals surface area contributed by atoms with E-state index in [9.17, 15) is 5.11 Å². The van der Waals surface area contributed by atoms with Gasteiger partial charge in [-0.25, -0.2) is 0 Å². The number of hydrogen-bond donors (Lipinski definition) is 2. The van der Waals surface area contributed by atoms with Crippen LogP contribution in [0.25, 0.3) is 10.8 Å². The van der Waals surface area contributed by atoms with Crippen LogP contribution in [0.2, 0.25) is 0 Å². The minimum absolute atomic E-state index is 0.240. The molecule has 1 saturated heterocycles. The van der Waals surface area contributed by atoms with Crippen LogP contribution < -0.4 is 5.32 Å². The summed E-state index contributed by atoms with van der Waals surface area (Å²) >= 11 is 0. The molecule has 1 fully saturated rings. The SMILES string of the molecule is CC(O)(Cc1cccc2ccccc12)CC1COCCN1. The molecule has 3 nitrogen and oxygen atoms in total. The van der Waals surface area contributed by atoms with E-state index in [1.54, 1.807) is 0 Å². The summed E-state index contributed by atoms with van der Waals surface area (Å²) < 4.78 is 5.47. The molecule has 112 valence electrons. The number of nitrogens with one attached hydrogen (secondary N) is 1. The van der Waals surface area contributed by atoms with Gasteiger partial charge in [-0.3, -0.25) is 0 Å². The smallest absolute Gasteiger partial charge is 0.0675 e. The number of morpholine rings is 1. The number of fused-ring (bicyclic) bond motifs is 1. The van der Waals surface area contributed by atoms with Gasteiger partial charge in [-0.05, 0) is 29.7 Å². The van der Waals surface area contributed by atoms with Crippen molar-refractivity contribution in [1.82, 2.24) is 5.32 Å². The van der Waals surface area contributed by atoms with Crippen molar-refractivity contribution in [2.24, 2.45) is 0 Å². The third kappa shape index (κ3) is 3.62. The molecule has 2 atom stereocenters. The lowest BCUT2D eigenvalue weighted by Gasteiger charge is -2.32. The predicted octanol–water partition coefficient (Wildman–Crippen LogP) is 2.51. The van der Waals surface area contributed by atoms with Gasteiger partial charge in [-0.15, -0.1) is 0 Å². The molecular weight excluding hydrogens is 262 g/mol. The van der Waals surface area contributed by atoms with Crippen LogP contribution in [-0.4, -0.2) is 36.5 Å². The van der Waals surface area contributed by atoms with Gasteiger partial charge in [0.05, 0.1) is 18.8 Å². The van der Waals surface area contributed by atoms with Crippen LogP contribution in [0.4, 0.5) is 0 Å². The molecular formula is C18H23NO2. The Hall–Kier alpha value is -1.42. The van der Waals surface area contributed by atoms with Gasteiger partial charge in [0.25, 0.3) is 0 Å². The molecule has 21 heavy (non-hydrogen) atoms. The zero-order chi connectivity index (χ0) is 14.7. The zero-order valence-electron chi connectivity index (χ0n) is 12.5. The van der Waals surface area contributed by atoms with Crippen molar-refractivity contribution in [2.45, 2.75) is 31.4 Å². The van der Waals surface area contributed by atoms with Gasteiger partial charge in [0, 0.05) is 19.0 Å². The van der Waals surface area contributed by atoms with E-state index in [1.807, 2.05) is 13.0 Å². The average Bonchev–Trinajstić information content (AvgIpc) is 2.48. The van der Waals surface area contributed by atoms with E-state index in [0.29, 0.717) is 19.4 Å². The van der Waals surface area contributed by atoms with Gasteiger partial charge in [-0.2, -0.15) is 0 Å². The third-order valence-electron chi connectivity index (χ3n) is 4.14. The maximum atomic E-state index is 10.8. The van der Waals surface area contributed by atoms with Crippen LogP contribution in [0.3, 0.4) is 0 Å². The lowest BCUT2D eigenvalue weighted by Crippen LogP contribution is -2.46. The Labute approximate surface area is 125 Å². The standard InChI is InChI=1S/C18H23NO2/c1-18(20,12-16-13-21-10-9-19-16)11-15-7-4-6-14-5-2-3-8-17(14)15/h2-8,16,19-20H,9-13H2,1H3. The monoisotopic (exact) mass is 285 g/mol. The average molecular weight is 285 g/mol. The van der Waals surface area contributed by atoms with Crippen LogP contribution in [0.1, 0.15) is 18.9 Å². The minimum atomic E-state index is -0.734. The molecule has 3 rings (SSSR count). The summed E-state index contributed by atoms with van der Waals surface area (Å²) in [5.74, 6) is 0. The van der Waals surface area contributed by atoms with E-state index in [2.05, 4.69) is 41.7 Å². The maximum absolute atomic E-state index is 10.8. The number of rotatable bonds is 4. The Bertz CT molecular complexity index is 598. The van der Waals surface area contributed by atoms with Crippen LogP contribution in [0.5, 0.6) is 0 Å². The van der Waals surface area contributed by atoms with Gasteiger partial charge in [0.2, 0.25) is 0 Å². The number of hydrogen-bond acceptors (Lipinski definition) is 3. The molecule has 2 aromatic rings. The molecule has 2 N–H and O–H groups in total. The second-order valence-electron chi connectivity index (χ2n) is 6.24. The number of benzene rings is 2. The molecule has 0 radical (unpaired) electrons. The molecule has 3 heteroatoms. The Morgan fingerprint density at radius 3 is 2.86 bits per heavy atom. The van der Waals surface area contributed by atoms with Crippen molar-refractivity contribution >= 4 is 10.8 Å². The second kappa shape index (κ2) is 6.14. The van der Waals surface area contributed by atoms with Crippen LogP contribution in [0.15, 0.2) is 42.5 Å². The third-order valence-corrected chi connectivity index (χ3v) is 4.14. The van der Waals surface area contributed by atoms with Crippen LogP contribution in [-0.2, 0) is 11.2 Å². The largest absolute Gasteiger partial charge is 0.390 e. The molecule has 1 aliphatic rings. The highest BCUT2D eigenvalue weighted by Crippen LogP contribution is 2.25. The Balaban J connectivity index is 1.76. The highest BCUT2D eigenvalue weighted by Gasteiger charge is 2.27. The van der Waals surface area contributed by atoms with E-state index in [1.165, 1.54) is 16.3 Å². The van der Waals surface area contributed by atoms with Crippen molar-refractivity contribution < 1.29 is 9.84 Å². The molecule has 1 aliphatic heterocycles. The molecule has 0 aliphatic carbocycles. The highest BCUT2D eigenvalue weighted by molar-refractivity contribution is 5.85. The topological polar surface area (TPSA) is 41.5 Å². The first-order valence-electron chi connectivity index (χ1n) is 7.64. The Morgan fingerprint density at radius 1 is 1.24 bits per heavy atom. The summed E-state index contributed by atoms with van der Waals surface area (Å²) in [5, 5.41) is 16.7. The van der Waals surface area contributed by atoms with Crippen LogP contribution >= 0.6 is 0 Å². The Morgan fingerprint density at radius 2 is 2.05 bits per heavy atom. The zero-order valence-corrected chi connectivity index (χ0v) is 12.5. The predicted molar refractivity (Wildman–Crippen MR) is 85.5 cm³/mol. The molecule has 0 saturated carbocycles. The van der Waals surface area contributed by atoms with Gasteiger partial charge >= 0.3 is 0 Å². The Kier molecular flexibility index (Phi) is 4.24. The molecule has 0 bridgehead atoms. The second-order valence-corrected chi connectivity index (χ2v) is 6.24. The summed E-state index contributed by atoms with van der Waals surface area (Å²) in [7, 11) is 0. The first-order valence-corrected chi connectivity index (χ1v) is 7.64. The molecule has 2 aromatic carbocycles. The number of aliphatic hydroxyl groups is 1. The quantitative estimate of drug-likeness (QED) is 0.907. The molecule has 2 unspecified atom stereocenters. The van der Waals surface area contributed by atoms with Crippen molar-refractivity contribution in [1.29, 1.82) is 0 Å². The highest BCUT2D eigenvalue weighted by atomic mass is 16.5. The lowest BCUT2D eigenvalue weighted by molar-refractivity contribution is 0.00669. The normalized spacial score (nSPS) is 22.1. The van der Waals surface area contributed by atoms with E-state index in [-0.39, 0.29) is 6.04 Å². The molecule has 0 amide bonds. The fourth-order valence-electron chi connectivity index (χ4n) is 3.21. The van der Waals surface area contributed by atoms with Crippen molar-refractivity contribution in [3.63, 3.8) is 0 Å². The van der Waals surface area contributed by atoms with Gasteiger partial charge in [-0.1, -0.05) is 42.5 Å². The summed E-state index contributed by atoms with van der Waals surface area (Å²) in [6.45, 7) is 4.24. The van der Waals surface area contributed by atoms with Crippen LogP contribution in [0, 0.1) is 0 Å². The summed E-state index contributed by atoms with van der Waals surface area (Å²) in [6.07, 6.45) is 1.36. The van der Waals surface area contributed by atoms with Crippen molar-refractivity contribution in [2.75, 3.05) is 19.8 Å². The first-order chi connectivity index (χ1) is 10.1. The summed E-state index contributed by atoms with van der Waals surface area (Å²) in [6, 6.07) is 14.9. The maximum Gasteiger partial charge on any atom is 0.0675 e. The lowest BCUT2D eigenvalue weighted by atomic mass is 9.88. The number of ether oxygens (including phenoxy) is 1. The van der Waals surface area contributed by atoms with Crippen molar-refractivity contribution in [3.05, 3.63) is 48.0 Å². The van der Waals surface area contributed by atoms with Crippen molar-refractivity contribution in [3.8, 4) is 0 Å². The van der Waals surface area contributed by atoms with E-state index >= 15 is 0 Å². The van der Waals surface area contributed by atoms with Gasteiger partial charge < -0.3 is 15.2 Å². The minimum Gasteiger partial charge on any atom is -0.390 e. The summed E-state index contributed by atoms with van der Waals surface area (Å²) in [4.78, 5) is 0. The fraction of sp³-hybridized carbons (Fsp3) is 0.444. The van der Waals surface area contributed by atoms with Gasteiger partial charge in [0.15, 0.2) is 0 Å². The summed E-state index contributed by atoms with van der Waals surface area (Å²) in [5.41, 5.74) is 0.470. The van der Waals surface area contributed by atoms with E-state index in [4.69, 9.17) is 4.74 Å². The fourth-order valence-corrected chi connectivity index (χ4v) is 3.21. The molecule has 1 heterocycles. The first kappa shape index (κ1) is 14.5. The molecule has 0 spiro atoms. The molecule has 0 aromatic heterocycles. The van der Waals surface area contributed by atoms with Gasteiger partial charge in [0.1, 0.15) is 0 Å². The van der Waals surface area contributed by atoms with E-state index in [0.717, 1.165) is 13.2 Å².